The third-order valence-corrected chi connectivity index (χ3v) is 6.30. The lowest BCUT2D eigenvalue weighted by Crippen LogP contribution is -2.33. The monoisotopic (exact) mass is 429 g/mol. The second-order valence-corrected chi connectivity index (χ2v) is 8.24. The van der Waals surface area contributed by atoms with Gasteiger partial charge in [0.05, 0.1) is 22.4 Å². The van der Waals surface area contributed by atoms with Crippen molar-refractivity contribution < 1.29 is 14.3 Å². The van der Waals surface area contributed by atoms with E-state index in [2.05, 4.69) is 4.98 Å². The molecule has 0 bridgehead atoms. The van der Waals surface area contributed by atoms with Gasteiger partial charge >= 0.3 is 5.97 Å². The Bertz CT molecular complexity index is 1270. The fraction of sp³-hybridized carbons (Fsp3) is 0.125. The van der Waals surface area contributed by atoms with Gasteiger partial charge in [-0.1, -0.05) is 48.2 Å². The summed E-state index contributed by atoms with van der Waals surface area (Å²) in [5, 5.41) is 0. The molecular formula is C24H19N3O3S. The number of hydrogen-bond donors (Lipinski definition) is 0. The molecule has 0 fully saturated rings. The molecule has 1 aliphatic heterocycles. The number of hydrogen-bond acceptors (Lipinski definition) is 5. The largest absolute Gasteiger partial charge is 0.454 e. The number of aromatic nitrogens is 2. The minimum atomic E-state index is -0.479. The summed E-state index contributed by atoms with van der Waals surface area (Å²) in [7, 11) is 0. The van der Waals surface area contributed by atoms with Crippen LogP contribution in [0.4, 0.5) is 11.4 Å². The van der Waals surface area contributed by atoms with E-state index < -0.39 is 5.97 Å². The Morgan fingerprint density at radius 1 is 0.903 bits per heavy atom. The van der Waals surface area contributed by atoms with Crippen molar-refractivity contribution in [2.75, 3.05) is 11.5 Å². The second kappa shape index (κ2) is 7.92. The molecule has 0 radical (unpaired) electrons. The highest BCUT2D eigenvalue weighted by Crippen LogP contribution is 2.47. The first-order valence-electron chi connectivity index (χ1n) is 9.88. The van der Waals surface area contributed by atoms with Gasteiger partial charge in [0.25, 0.3) is 5.91 Å². The van der Waals surface area contributed by atoms with E-state index in [0.29, 0.717) is 0 Å². The molecule has 2 heterocycles. The van der Waals surface area contributed by atoms with E-state index in [1.54, 1.807) is 21.2 Å². The van der Waals surface area contributed by atoms with Crippen LogP contribution in [0.3, 0.4) is 0 Å². The fourth-order valence-corrected chi connectivity index (χ4v) is 4.81. The van der Waals surface area contributed by atoms with Gasteiger partial charge in [0.1, 0.15) is 12.4 Å². The molecule has 0 aliphatic carbocycles. The van der Waals surface area contributed by atoms with Gasteiger partial charge in [-0.15, -0.1) is 0 Å². The van der Waals surface area contributed by atoms with Crippen molar-refractivity contribution in [2.24, 2.45) is 0 Å². The highest BCUT2D eigenvalue weighted by Gasteiger charge is 2.28. The van der Waals surface area contributed by atoms with Crippen LogP contribution in [0.5, 0.6) is 0 Å². The Morgan fingerprint density at radius 3 is 2.23 bits per heavy atom. The SMILES string of the molecule is Cc1nc2ccccc2n1CC(=O)OCC(=O)N1c2ccccc2Sc2ccccc21. The zero-order valence-electron chi connectivity index (χ0n) is 16.8. The minimum Gasteiger partial charge on any atom is -0.454 e. The third-order valence-electron chi connectivity index (χ3n) is 5.17. The minimum absolute atomic E-state index is 0.00263. The van der Waals surface area contributed by atoms with Crippen molar-refractivity contribution in [3.63, 3.8) is 0 Å². The van der Waals surface area contributed by atoms with E-state index in [0.717, 1.165) is 38.0 Å². The van der Waals surface area contributed by atoms with Crippen LogP contribution in [-0.2, 0) is 20.9 Å². The molecule has 0 unspecified atom stereocenters. The molecule has 6 nitrogen and oxygen atoms in total. The van der Waals surface area contributed by atoms with Crippen molar-refractivity contribution in [1.82, 2.24) is 9.55 Å². The normalized spacial score (nSPS) is 12.4. The van der Waals surface area contributed by atoms with Crippen LogP contribution in [-0.4, -0.2) is 28.0 Å². The number of amides is 1. The first-order chi connectivity index (χ1) is 15.1. The summed E-state index contributed by atoms with van der Waals surface area (Å²) in [5.74, 6) is -0.0475. The van der Waals surface area contributed by atoms with E-state index in [9.17, 15) is 9.59 Å². The molecule has 5 rings (SSSR count). The molecule has 0 N–H and O–H groups in total. The lowest BCUT2D eigenvalue weighted by atomic mass is 10.2. The highest BCUT2D eigenvalue weighted by molar-refractivity contribution is 7.99. The van der Waals surface area contributed by atoms with Crippen molar-refractivity contribution in [2.45, 2.75) is 23.3 Å². The summed E-state index contributed by atoms with van der Waals surface area (Å²) >= 11 is 1.62. The van der Waals surface area contributed by atoms with Gasteiger partial charge in [-0.2, -0.15) is 0 Å². The molecule has 7 heteroatoms. The molecule has 1 aliphatic rings. The molecule has 0 saturated heterocycles. The third kappa shape index (κ3) is 3.57. The van der Waals surface area contributed by atoms with Crippen LogP contribution in [0.1, 0.15) is 5.82 Å². The van der Waals surface area contributed by atoms with Gasteiger partial charge in [0, 0.05) is 9.79 Å². The van der Waals surface area contributed by atoms with Crippen LogP contribution >= 0.6 is 11.8 Å². The van der Waals surface area contributed by atoms with Gasteiger partial charge in [0.15, 0.2) is 6.61 Å². The number of benzene rings is 3. The molecule has 154 valence electrons. The van der Waals surface area contributed by atoms with Crippen molar-refractivity contribution in [3.8, 4) is 0 Å². The first kappa shape index (κ1) is 19.4. The second-order valence-electron chi connectivity index (χ2n) is 7.16. The van der Waals surface area contributed by atoms with Crippen LogP contribution in [0.2, 0.25) is 0 Å². The summed E-state index contributed by atoms with van der Waals surface area (Å²) in [5.41, 5.74) is 3.27. The zero-order chi connectivity index (χ0) is 21.4. The van der Waals surface area contributed by atoms with E-state index in [1.807, 2.05) is 79.7 Å². The summed E-state index contributed by atoms with van der Waals surface area (Å²) in [6.45, 7) is 1.51. The lowest BCUT2D eigenvalue weighted by molar-refractivity contribution is -0.148. The summed E-state index contributed by atoms with van der Waals surface area (Å²) in [4.78, 5) is 33.7. The Morgan fingerprint density at radius 2 is 1.52 bits per heavy atom. The van der Waals surface area contributed by atoms with Gasteiger partial charge in [-0.05, 0) is 43.3 Å². The van der Waals surface area contributed by atoms with Crippen molar-refractivity contribution >= 4 is 46.0 Å². The van der Waals surface area contributed by atoms with E-state index in [4.69, 9.17) is 4.74 Å². The number of aryl methyl sites for hydroxylation is 1. The quantitative estimate of drug-likeness (QED) is 0.439. The number of esters is 1. The van der Waals surface area contributed by atoms with Crippen LogP contribution < -0.4 is 4.90 Å². The Balaban J connectivity index is 1.34. The van der Waals surface area contributed by atoms with Gasteiger partial charge < -0.3 is 9.30 Å². The number of carbonyl (C=O) groups is 2. The molecule has 1 aromatic heterocycles. The average molecular weight is 430 g/mol. The maximum Gasteiger partial charge on any atom is 0.326 e. The predicted molar refractivity (Wildman–Crippen MR) is 120 cm³/mol. The molecule has 0 spiro atoms. The van der Waals surface area contributed by atoms with Crippen molar-refractivity contribution in [1.29, 1.82) is 0 Å². The van der Waals surface area contributed by atoms with Gasteiger partial charge in [-0.3, -0.25) is 14.5 Å². The first-order valence-corrected chi connectivity index (χ1v) is 10.7. The maximum absolute atomic E-state index is 13.1. The number of anilines is 2. The number of imidazole rings is 1. The summed E-state index contributed by atoms with van der Waals surface area (Å²) in [6, 6.07) is 23.1. The summed E-state index contributed by atoms with van der Waals surface area (Å²) < 4.78 is 7.17. The molecule has 3 aromatic carbocycles. The van der Waals surface area contributed by atoms with Crippen molar-refractivity contribution in [3.05, 3.63) is 78.6 Å². The van der Waals surface area contributed by atoms with E-state index >= 15 is 0 Å². The van der Waals surface area contributed by atoms with Crippen LogP contribution in [0, 0.1) is 6.92 Å². The standard InChI is InChI=1S/C24H19N3O3S/c1-16-25-17-8-2-3-9-18(17)26(16)14-24(29)30-15-23(28)27-19-10-4-6-12-21(19)31-22-13-7-5-11-20(22)27/h2-13H,14-15H2,1H3. The summed E-state index contributed by atoms with van der Waals surface area (Å²) in [6.07, 6.45) is 0. The van der Waals surface area contributed by atoms with Crippen LogP contribution in [0.15, 0.2) is 82.6 Å². The predicted octanol–water partition coefficient (Wildman–Crippen LogP) is 4.72. The molecule has 1 amide bonds. The Labute approximate surface area is 183 Å². The smallest absolute Gasteiger partial charge is 0.326 e. The van der Waals surface area contributed by atoms with E-state index in [-0.39, 0.29) is 19.1 Å². The van der Waals surface area contributed by atoms with Gasteiger partial charge in [0.2, 0.25) is 0 Å². The molecular weight excluding hydrogens is 410 g/mol. The Kier molecular flexibility index (Phi) is 4.95. The zero-order valence-corrected chi connectivity index (χ0v) is 17.6. The molecule has 4 aromatic rings. The van der Waals surface area contributed by atoms with Gasteiger partial charge in [-0.25, -0.2) is 4.98 Å². The average Bonchev–Trinajstić information content (AvgIpc) is 3.10. The number of ether oxygens (including phenoxy) is 1. The number of rotatable bonds is 4. The number of fused-ring (bicyclic) bond motifs is 3. The van der Waals surface area contributed by atoms with Crippen LogP contribution in [0.25, 0.3) is 11.0 Å². The Hall–Kier alpha value is -3.58. The fourth-order valence-electron chi connectivity index (χ4n) is 3.75. The maximum atomic E-state index is 13.1. The lowest BCUT2D eigenvalue weighted by Gasteiger charge is -2.30. The number of nitrogens with zero attached hydrogens (tertiary/aromatic N) is 3. The molecule has 31 heavy (non-hydrogen) atoms. The highest BCUT2D eigenvalue weighted by atomic mass is 32.2. The molecule has 0 saturated carbocycles. The van der Waals surface area contributed by atoms with E-state index in [1.165, 1.54) is 0 Å². The number of carbonyl (C=O) groups excluding carboxylic acids is 2. The molecule has 0 atom stereocenters. The topological polar surface area (TPSA) is 64.4 Å². The number of para-hydroxylation sites is 4.